The van der Waals surface area contributed by atoms with Crippen LogP contribution >= 0.6 is 34.3 Å². The number of piperidine rings is 1. The van der Waals surface area contributed by atoms with Crippen LogP contribution in [0, 0.1) is 0 Å². The number of likely N-dealkylation sites (tertiary alicyclic amines) is 2. The first kappa shape index (κ1) is 33.5. The van der Waals surface area contributed by atoms with Crippen molar-refractivity contribution < 1.29 is 31.2 Å². The van der Waals surface area contributed by atoms with Gasteiger partial charge < -0.3 is 15.1 Å². The van der Waals surface area contributed by atoms with Gasteiger partial charge in [0.2, 0.25) is 27.7 Å². The number of carbonyl (C=O) groups excluding carboxylic acids is 3. The number of nitrogens with one attached hydrogen (secondary N) is 3. The number of thiophene rings is 2. The first-order chi connectivity index (χ1) is 21.3. The van der Waals surface area contributed by atoms with Crippen molar-refractivity contribution in [3.05, 3.63) is 52.9 Å². The lowest BCUT2D eigenvalue weighted by Crippen LogP contribution is -2.55. The molecule has 0 aliphatic carbocycles. The van der Waals surface area contributed by atoms with Gasteiger partial charge in [0.15, 0.2) is 0 Å². The Morgan fingerprint density at radius 1 is 0.911 bits per heavy atom. The molecule has 3 N–H and O–H groups in total. The maximum absolute atomic E-state index is 13.3. The predicted octanol–water partition coefficient (Wildman–Crippen LogP) is 3.33. The molecule has 3 amide bonds. The average molecular weight is 714 g/mol. The Morgan fingerprint density at radius 3 is 2.29 bits per heavy atom. The van der Waals surface area contributed by atoms with Gasteiger partial charge in [0.1, 0.15) is 10.3 Å². The van der Waals surface area contributed by atoms with Gasteiger partial charge in [-0.2, -0.15) is 4.72 Å². The molecule has 4 heterocycles. The van der Waals surface area contributed by atoms with Crippen LogP contribution in [0.3, 0.4) is 0 Å². The summed E-state index contributed by atoms with van der Waals surface area (Å²) in [5, 5.41) is 2.58. The highest BCUT2D eigenvalue weighted by atomic mass is 35.5. The fourth-order valence-electron chi connectivity index (χ4n) is 5.34. The van der Waals surface area contributed by atoms with E-state index in [2.05, 4.69) is 14.8 Å². The van der Waals surface area contributed by atoms with Crippen molar-refractivity contribution in [3.63, 3.8) is 0 Å². The van der Waals surface area contributed by atoms with E-state index < -0.39 is 38.0 Å². The summed E-state index contributed by atoms with van der Waals surface area (Å²) in [6.07, 6.45) is 2.09. The molecule has 5 rings (SSSR count). The number of benzene rings is 1. The van der Waals surface area contributed by atoms with Crippen molar-refractivity contribution in [1.29, 1.82) is 0 Å². The van der Waals surface area contributed by atoms with Gasteiger partial charge in [-0.15, -0.1) is 22.7 Å². The van der Waals surface area contributed by atoms with Crippen molar-refractivity contribution in [2.45, 2.75) is 53.8 Å². The lowest BCUT2D eigenvalue weighted by Gasteiger charge is -2.34. The highest BCUT2D eigenvalue weighted by Crippen LogP contribution is 2.37. The van der Waals surface area contributed by atoms with E-state index in [1.165, 1.54) is 53.5 Å². The van der Waals surface area contributed by atoms with E-state index in [-0.39, 0.29) is 34.0 Å². The molecule has 2 aliphatic heterocycles. The molecule has 12 nitrogen and oxygen atoms in total. The van der Waals surface area contributed by atoms with Crippen LogP contribution in [0.1, 0.15) is 32.6 Å². The highest BCUT2D eigenvalue weighted by molar-refractivity contribution is 7.91. The zero-order valence-corrected chi connectivity index (χ0v) is 28.2. The second kappa shape index (κ2) is 13.9. The molecule has 2 atom stereocenters. The summed E-state index contributed by atoms with van der Waals surface area (Å²) in [6, 6.07) is 11.1. The van der Waals surface area contributed by atoms with Crippen molar-refractivity contribution in [2.24, 2.45) is 0 Å². The standard InChI is InChI=1S/C28H32ClN5O7S4/c1-18(35)31-19-6-8-21(9-7-19)44(38,39)30-16-20-4-2-15-34(20)26(36)17-33-14-3-5-22(28(33)37)32-45(40,41)27-13-11-24(43-27)23-10-12-25(29)42-23/h6-13,20,22,30,32H,2-5,14-17H2,1H3,(H,31,35)/t20-,22+/m1/s1. The second-order valence-corrected chi connectivity index (χ2v) is 17.2. The summed E-state index contributed by atoms with van der Waals surface area (Å²) >= 11 is 8.43. The molecule has 0 bridgehead atoms. The van der Waals surface area contributed by atoms with Gasteiger partial charge >= 0.3 is 0 Å². The highest BCUT2D eigenvalue weighted by Gasteiger charge is 2.36. The molecule has 1 aromatic carbocycles. The molecule has 2 saturated heterocycles. The molecule has 2 aromatic heterocycles. The Hall–Kier alpha value is -2.86. The SMILES string of the molecule is CC(=O)Nc1ccc(S(=O)(=O)NC[C@H]2CCCN2C(=O)CN2CCC[C@H](NS(=O)(=O)c3ccc(-c4ccc(Cl)s4)s3)C2=O)cc1. The van der Waals surface area contributed by atoms with Crippen LogP contribution in [0.4, 0.5) is 5.69 Å². The third kappa shape index (κ3) is 8.11. The second-order valence-electron chi connectivity index (χ2n) is 10.7. The molecule has 0 spiro atoms. The number of anilines is 1. The average Bonchev–Trinajstić information content (AvgIpc) is 3.75. The molecule has 3 aromatic rings. The first-order valence-electron chi connectivity index (χ1n) is 14.2. The fourth-order valence-corrected chi connectivity index (χ4v) is 10.1. The van der Waals surface area contributed by atoms with Crippen LogP contribution in [0.5, 0.6) is 0 Å². The zero-order valence-electron chi connectivity index (χ0n) is 24.2. The first-order valence-corrected chi connectivity index (χ1v) is 19.1. The van der Waals surface area contributed by atoms with Gasteiger partial charge in [-0.1, -0.05) is 11.6 Å². The number of nitrogens with zero attached hydrogens (tertiary/aromatic N) is 2. The van der Waals surface area contributed by atoms with Crippen molar-refractivity contribution >= 4 is 77.7 Å². The molecule has 2 fully saturated rings. The monoisotopic (exact) mass is 713 g/mol. The van der Waals surface area contributed by atoms with Gasteiger partial charge in [0.05, 0.1) is 15.8 Å². The van der Waals surface area contributed by atoms with Gasteiger partial charge in [-0.05, 0) is 74.2 Å². The minimum atomic E-state index is -3.99. The predicted molar refractivity (Wildman–Crippen MR) is 173 cm³/mol. The smallest absolute Gasteiger partial charge is 0.250 e. The topological polar surface area (TPSA) is 162 Å². The van der Waals surface area contributed by atoms with E-state index in [0.717, 1.165) is 21.1 Å². The van der Waals surface area contributed by atoms with Crippen LogP contribution in [0.25, 0.3) is 9.75 Å². The third-order valence-electron chi connectivity index (χ3n) is 7.51. The van der Waals surface area contributed by atoms with E-state index in [4.69, 9.17) is 11.6 Å². The zero-order chi connectivity index (χ0) is 32.4. The summed E-state index contributed by atoms with van der Waals surface area (Å²) in [5.41, 5.74) is 0.469. The molecule has 242 valence electrons. The van der Waals surface area contributed by atoms with Gasteiger partial charge in [0.25, 0.3) is 10.0 Å². The van der Waals surface area contributed by atoms with Gasteiger partial charge in [-0.3, -0.25) is 14.4 Å². The Labute approximate surface area is 274 Å². The van der Waals surface area contributed by atoms with E-state index in [1.54, 1.807) is 17.0 Å². The van der Waals surface area contributed by atoms with Crippen LogP contribution in [-0.2, 0) is 34.4 Å². The van der Waals surface area contributed by atoms with Crippen molar-refractivity contribution in [2.75, 3.05) is 31.5 Å². The third-order valence-corrected chi connectivity index (χ3v) is 13.4. The van der Waals surface area contributed by atoms with Crippen LogP contribution in [0.2, 0.25) is 4.34 Å². The molecule has 0 saturated carbocycles. The minimum absolute atomic E-state index is 0.00162. The van der Waals surface area contributed by atoms with Crippen LogP contribution in [-0.4, -0.2) is 82.6 Å². The van der Waals surface area contributed by atoms with E-state index >= 15 is 0 Å². The molecule has 2 aliphatic rings. The Morgan fingerprint density at radius 2 is 1.60 bits per heavy atom. The maximum Gasteiger partial charge on any atom is 0.250 e. The van der Waals surface area contributed by atoms with Crippen molar-refractivity contribution in [3.8, 4) is 9.75 Å². The summed E-state index contributed by atoms with van der Waals surface area (Å²) in [5.74, 6) is -1.07. The quantitative estimate of drug-likeness (QED) is 0.275. The fraction of sp³-hybridized carbons (Fsp3) is 0.393. The van der Waals surface area contributed by atoms with Crippen molar-refractivity contribution in [1.82, 2.24) is 19.2 Å². The van der Waals surface area contributed by atoms with Gasteiger partial charge in [-0.25, -0.2) is 21.6 Å². The summed E-state index contributed by atoms with van der Waals surface area (Å²) in [6.45, 7) is 1.86. The molecular formula is C28H32ClN5O7S4. The Bertz CT molecular complexity index is 1790. The number of rotatable bonds is 11. The van der Waals surface area contributed by atoms with Crippen LogP contribution in [0.15, 0.2) is 57.6 Å². The summed E-state index contributed by atoms with van der Waals surface area (Å²) in [4.78, 5) is 42.4. The molecule has 17 heteroatoms. The molecule has 0 unspecified atom stereocenters. The lowest BCUT2D eigenvalue weighted by molar-refractivity contribution is -0.143. The number of sulfonamides is 2. The summed E-state index contributed by atoms with van der Waals surface area (Å²) in [7, 11) is -7.86. The maximum atomic E-state index is 13.3. The Balaban J connectivity index is 1.17. The van der Waals surface area contributed by atoms with E-state index in [9.17, 15) is 31.2 Å². The molecular weight excluding hydrogens is 682 g/mol. The molecule has 0 radical (unpaired) electrons. The number of hydrogen-bond acceptors (Lipinski definition) is 9. The number of amides is 3. The van der Waals surface area contributed by atoms with Gasteiger partial charge in [0, 0.05) is 48.0 Å². The van der Waals surface area contributed by atoms with Crippen LogP contribution < -0.4 is 14.8 Å². The Kier molecular flexibility index (Phi) is 10.3. The molecule has 45 heavy (non-hydrogen) atoms. The number of carbonyl (C=O) groups is 3. The minimum Gasteiger partial charge on any atom is -0.337 e. The normalized spacial score (nSPS) is 19.2. The number of hydrogen-bond donors (Lipinski definition) is 3. The van der Waals surface area contributed by atoms with E-state index in [0.29, 0.717) is 48.8 Å². The van der Waals surface area contributed by atoms with E-state index in [1.807, 2.05) is 6.07 Å². The number of halogens is 1. The largest absolute Gasteiger partial charge is 0.337 e. The summed E-state index contributed by atoms with van der Waals surface area (Å²) < 4.78 is 57.8. The lowest BCUT2D eigenvalue weighted by atomic mass is 10.1.